The molecule has 0 aromatic heterocycles. The molecule has 2 saturated heterocycles. The van der Waals surface area contributed by atoms with Crippen LogP contribution in [0.15, 0.2) is 30.3 Å². The molecule has 3 amide bonds. The van der Waals surface area contributed by atoms with Gasteiger partial charge in [-0.1, -0.05) is 24.6 Å². The first-order valence-electron chi connectivity index (χ1n) is 10.5. The van der Waals surface area contributed by atoms with E-state index in [1.807, 2.05) is 23.1 Å². The number of likely N-dealkylation sites (N-methyl/N-ethyl adjacent to an activating group) is 2. The van der Waals surface area contributed by atoms with Gasteiger partial charge in [0.25, 0.3) is 5.91 Å². The predicted molar refractivity (Wildman–Crippen MR) is 111 cm³/mol. The molecule has 2 aliphatic heterocycles. The average Bonchev–Trinajstić information content (AvgIpc) is 2.79. The largest absolute Gasteiger partial charge is 0.348 e. The molecule has 29 heavy (non-hydrogen) atoms. The second-order valence-electron chi connectivity index (χ2n) is 8.27. The molecular formula is C22H32N4O3. The summed E-state index contributed by atoms with van der Waals surface area (Å²) >= 11 is 0. The fourth-order valence-electron chi connectivity index (χ4n) is 4.07. The normalized spacial score (nSPS) is 24.4. The zero-order chi connectivity index (χ0) is 20.8. The van der Waals surface area contributed by atoms with Crippen molar-refractivity contribution in [3.05, 3.63) is 35.9 Å². The Morgan fingerprint density at radius 2 is 1.69 bits per heavy atom. The highest BCUT2D eigenvalue weighted by molar-refractivity contribution is 5.94. The topological polar surface area (TPSA) is 73.0 Å². The molecule has 1 aromatic carbocycles. The van der Waals surface area contributed by atoms with Crippen molar-refractivity contribution in [3.63, 3.8) is 0 Å². The third-order valence-corrected chi connectivity index (χ3v) is 5.98. The molecule has 0 spiro atoms. The van der Waals surface area contributed by atoms with Crippen LogP contribution >= 0.6 is 0 Å². The third-order valence-electron chi connectivity index (χ3n) is 5.98. The molecule has 0 aliphatic carbocycles. The minimum atomic E-state index is -0.267. The van der Waals surface area contributed by atoms with Crippen LogP contribution < -0.4 is 5.32 Å². The van der Waals surface area contributed by atoms with Gasteiger partial charge < -0.3 is 20.0 Å². The van der Waals surface area contributed by atoms with Crippen LogP contribution in [0.4, 0.5) is 0 Å². The van der Waals surface area contributed by atoms with E-state index in [0.29, 0.717) is 18.5 Å². The van der Waals surface area contributed by atoms with Gasteiger partial charge in [-0.15, -0.1) is 0 Å². The van der Waals surface area contributed by atoms with Crippen molar-refractivity contribution in [2.24, 2.45) is 5.92 Å². The Labute approximate surface area is 173 Å². The van der Waals surface area contributed by atoms with Crippen molar-refractivity contribution >= 4 is 17.7 Å². The Balaban J connectivity index is 1.61. The number of piperazine rings is 1. The first-order valence-corrected chi connectivity index (χ1v) is 10.5. The molecule has 1 aromatic rings. The highest BCUT2D eigenvalue weighted by Crippen LogP contribution is 2.21. The average molecular weight is 401 g/mol. The van der Waals surface area contributed by atoms with Gasteiger partial charge >= 0.3 is 0 Å². The second kappa shape index (κ2) is 9.87. The molecule has 0 radical (unpaired) electrons. The monoisotopic (exact) mass is 400 g/mol. The van der Waals surface area contributed by atoms with Gasteiger partial charge in [0.2, 0.25) is 11.8 Å². The lowest BCUT2D eigenvalue weighted by Gasteiger charge is -2.34. The van der Waals surface area contributed by atoms with Gasteiger partial charge in [-0.25, -0.2) is 0 Å². The highest BCUT2D eigenvalue weighted by atomic mass is 16.2. The van der Waals surface area contributed by atoms with Crippen molar-refractivity contribution in [1.82, 2.24) is 20.0 Å². The summed E-state index contributed by atoms with van der Waals surface area (Å²) in [6.45, 7) is 3.67. The van der Waals surface area contributed by atoms with Crippen molar-refractivity contribution < 1.29 is 14.4 Å². The Morgan fingerprint density at radius 1 is 1.00 bits per heavy atom. The van der Waals surface area contributed by atoms with Crippen LogP contribution in [0.3, 0.4) is 0 Å². The van der Waals surface area contributed by atoms with Crippen molar-refractivity contribution in [2.75, 3.05) is 46.8 Å². The Bertz CT molecular complexity index is 716. The van der Waals surface area contributed by atoms with Gasteiger partial charge in [0.05, 0.1) is 0 Å². The van der Waals surface area contributed by atoms with E-state index in [4.69, 9.17) is 0 Å². The third kappa shape index (κ3) is 5.79. The molecule has 158 valence electrons. The zero-order valence-corrected chi connectivity index (χ0v) is 17.5. The van der Waals surface area contributed by atoms with E-state index >= 15 is 0 Å². The highest BCUT2D eigenvalue weighted by Gasteiger charge is 2.31. The number of nitrogens with one attached hydrogen (secondary N) is 1. The fraction of sp³-hybridized carbons (Fsp3) is 0.591. The van der Waals surface area contributed by atoms with Crippen LogP contribution in [0, 0.1) is 5.92 Å². The van der Waals surface area contributed by atoms with E-state index in [9.17, 15) is 14.4 Å². The summed E-state index contributed by atoms with van der Waals surface area (Å²) in [7, 11) is 3.82. The van der Waals surface area contributed by atoms with Crippen LogP contribution in [-0.4, -0.2) is 85.3 Å². The molecule has 2 heterocycles. The lowest BCUT2D eigenvalue weighted by molar-refractivity contribution is -0.142. The van der Waals surface area contributed by atoms with E-state index < -0.39 is 0 Å². The second-order valence-corrected chi connectivity index (χ2v) is 8.27. The number of hydrogen-bond acceptors (Lipinski definition) is 4. The zero-order valence-electron chi connectivity index (χ0n) is 17.5. The van der Waals surface area contributed by atoms with Gasteiger partial charge in [0, 0.05) is 63.7 Å². The van der Waals surface area contributed by atoms with Crippen molar-refractivity contribution in [3.8, 4) is 0 Å². The number of amides is 3. The summed E-state index contributed by atoms with van der Waals surface area (Å²) in [6.07, 6.45) is 2.50. The first-order chi connectivity index (χ1) is 13.9. The quantitative estimate of drug-likeness (QED) is 0.828. The predicted octanol–water partition coefficient (Wildman–Crippen LogP) is 1.21. The van der Waals surface area contributed by atoms with Crippen molar-refractivity contribution in [1.29, 1.82) is 0 Å². The number of rotatable bonds is 3. The maximum atomic E-state index is 13.0. The maximum Gasteiger partial charge on any atom is 0.251 e. The number of benzene rings is 1. The molecule has 2 atom stereocenters. The number of carbonyl (C=O) groups is 3. The van der Waals surface area contributed by atoms with Crippen LogP contribution in [0.2, 0.25) is 0 Å². The molecule has 0 bridgehead atoms. The van der Waals surface area contributed by atoms with Gasteiger partial charge in [-0.2, -0.15) is 0 Å². The van der Waals surface area contributed by atoms with E-state index in [1.54, 1.807) is 24.1 Å². The molecule has 1 N–H and O–H groups in total. The Hall–Kier alpha value is -2.41. The summed E-state index contributed by atoms with van der Waals surface area (Å²) in [5.74, 6) is -0.317. The maximum absolute atomic E-state index is 13.0. The van der Waals surface area contributed by atoms with E-state index in [1.165, 1.54) is 0 Å². The van der Waals surface area contributed by atoms with Gasteiger partial charge in [0.1, 0.15) is 0 Å². The molecule has 7 heteroatoms. The minimum Gasteiger partial charge on any atom is -0.348 e. The van der Waals surface area contributed by atoms with Gasteiger partial charge in [-0.05, 0) is 32.0 Å². The van der Waals surface area contributed by atoms with Crippen LogP contribution in [-0.2, 0) is 9.59 Å². The Morgan fingerprint density at radius 3 is 2.38 bits per heavy atom. The molecule has 0 unspecified atom stereocenters. The van der Waals surface area contributed by atoms with Crippen LogP contribution in [0.25, 0.3) is 0 Å². The number of carbonyl (C=O) groups excluding carboxylic acids is 3. The fourth-order valence-corrected chi connectivity index (χ4v) is 4.07. The SMILES string of the molecule is CN1CCN(C(=O)[C@@H]2CCC[C@@H](NC(=O)c3ccccc3)CN(C)C(=O)C2)CC1. The van der Waals surface area contributed by atoms with Gasteiger partial charge in [0.15, 0.2) is 0 Å². The van der Waals surface area contributed by atoms with Crippen LogP contribution in [0.1, 0.15) is 36.0 Å². The summed E-state index contributed by atoms with van der Waals surface area (Å²) in [6, 6.07) is 8.99. The summed E-state index contributed by atoms with van der Waals surface area (Å²) < 4.78 is 0. The molecule has 2 aliphatic rings. The van der Waals surface area contributed by atoms with E-state index in [0.717, 1.165) is 39.0 Å². The lowest BCUT2D eigenvalue weighted by atomic mass is 9.95. The lowest BCUT2D eigenvalue weighted by Crippen LogP contribution is -2.49. The molecule has 3 rings (SSSR count). The van der Waals surface area contributed by atoms with Gasteiger partial charge in [-0.3, -0.25) is 14.4 Å². The first kappa shape index (κ1) is 21.3. The summed E-state index contributed by atoms with van der Waals surface area (Å²) in [4.78, 5) is 44.0. The summed E-state index contributed by atoms with van der Waals surface area (Å²) in [5, 5.41) is 3.06. The minimum absolute atomic E-state index is 0.0293. The number of hydrogen-bond donors (Lipinski definition) is 1. The molecule has 2 fully saturated rings. The standard InChI is InChI=1S/C22H32N4O3/c1-24-11-13-26(14-12-24)22(29)18-9-6-10-19(16-25(2)20(27)15-18)23-21(28)17-7-4-3-5-8-17/h3-5,7-8,18-19H,6,9-16H2,1-2H3,(H,23,28)/t18-,19-/m1/s1. The van der Waals surface area contributed by atoms with Crippen LogP contribution in [0.5, 0.6) is 0 Å². The molecule has 7 nitrogen and oxygen atoms in total. The molecular weight excluding hydrogens is 368 g/mol. The number of nitrogens with zero attached hydrogens (tertiary/aromatic N) is 3. The van der Waals surface area contributed by atoms with Crippen molar-refractivity contribution in [2.45, 2.75) is 31.7 Å². The van der Waals surface area contributed by atoms with E-state index in [-0.39, 0.29) is 36.1 Å². The van der Waals surface area contributed by atoms with E-state index in [2.05, 4.69) is 17.3 Å². The Kier molecular flexibility index (Phi) is 7.25. The molecule has 0 saturated carbocycles. The summed E-state index contributed by atoms with van der Waals surface area (Å²) in [5.41, 5.74) is 0.615. The smallest absolute Gasteiger partial charge is 0.251 e.